The van der Waals surface area contributed by atoms with Gasteiger partial charge in [0.2, 0.25) is 0 Å². The Balaban J connectivity index is 1.42. The second-order valence-corrected chi connectivity index (χ2v) is 8.41. The number of fused-ring (bicyclic) bond motifs is 1. The molecule has 0 saturated heterocycles. The van der Waals surface area contributed by atoms with Crippen molar-refractivity contribution >= 4 is 29.1 Å². The monoisotopic (exact) mass is 448 g/mol. The molecule has 1 heterocycles. The fraction of sp³-hybridized carbons (Fsp3) is 0.231. The summed E-state index contributed by atoms with van der Waals surface area (Å²) >= 11 is 5.96. The van der Waals surface area contributed by atoms with Crippen LogP contribution in [-0.2, 0) is 17.8 Å². The van der Waals surface area contributed by atoms with E-state index in [1.807, 2.05) is 73.3 Å². The third-order valence-electron chi connectivity index (χ3n) is 5.81. The highest BCUT2D eigenvalue weighted by Gasteiger charge is 2.27. The van der Waals surface area contributed by atoms with Gasteiger partial charge in [0, 0.05) is 34.9 Å². The van der Waals surface area contributed by atoms with E-state index in [-0.39, 0.29) is 18.4 Å². The summed E-state index contributed by atoms with van der Waals surface area (Å²) in [5, 5.41) is 3.57. The van der Waals surface area contributed by atoms with Crippen LogP contribution in [0.1, 0.15) is 32.6 Å². The Morgan fingerprint density at radius 3 is 2.59 bits per heavy atom. The molecule has 0 saturated carbocycles. The van der Waals surface area contributed by atoms with E-state index in [9.17, 15) is 9.59 Å². The lowest BCUT2D eigenvalue weighted by Gasteiger charge is -2.29. The molecule has 0 atom stereocenters. The second-order valence-electron chi connectivity index (χ2n) is 7.97. The molecule has 0 spiro atoms. The summed E-state index contributed by atoms with van der Waals surface area (Å²) in [6.07, 6.45) is 0.670. The van der Waals surface area contributed by atoms with Gasteiger partial charge in [-0.15, -0.1) is 0 Å². The third-order valence-corrected chi connectivity index (χ3v) is 6.06. The van der Waals surface area contributed by atoms with Gasteiger partial charge in [-0.3, -0.25) is 9.59 Å². The number of aryl methyl sites for hydroxylation is 1. The van der Waals surface area contributed by atoms with Crippen LogP contribution in [0.15, 0.2) is 60.7 Å². The number of amides is 2. The molecule has 3 aromatic rings. The number of anilines is 1. The van der Waals surface area contributed by atoms with Crippen LogP contribution in [0.5, 0.6) is 5.75 Å². The fourth-order valence-corrected chi connectivity index (χ4v) is 3.98. The van der Waals surface area contributed by atoms with E-state index in [0.717, 1.165) is 27.9 Å². The van der Waals surface area contributed by atoms with Crippen molar-refractivity contribution in [3.63, 3.8) is 0 Å². The highest BCUT2D eigenvalue weighted by atomic mass is 35.5. The Labute approximate surface area is 193 Å². The summed E-state index contributed by atoms with van der Waals surface area (Å²) in [5.74, 6) is 0.312. The largest absolute Gasteiger partial charge is 0.483 e. The van der Waals surface area contributed by atoms with Crippen molar-refractivity contribution in [1.82, 2.24) is 4.90 Å². The summed E-state index contributed by atoms with van der Waals surface area (Å²) in [6.45, 7) is 4.97. The van der Waals surface area contributed by atoms with Crippen LogP contribution >= 0.6 is 11.6 Å². The van der Waals surface area contributed by atoms with Gasteiger partial charge in [0.25, 0.3) is 11.8 Å². The number of nitrogens with one attached hydrogen (secondary N) is 1. The second kappa shape index (κ2) is 9.45. The predicted molar refractivity (Wildman–Crippen MR) is 126 cm³/mol. The number of carbonyl (C=O) groups is 2. The van der Waals surface area contributed by atoms with Crippen molar-refractivity contribution in [3.8, 4) is 5.75 Å². The number of benzene rings is 3. The van der Waals surface area contributed by atoms with E-state index in [1.54, 1.807) is 6.07 Å². The minimum atomic E-state index is -0.234. The summed E-state index contributed by atoms with van der Waals surface area (Å²) in [6, 6.07) is 18.7. The predicted octanol–water partition coefficient (Wildman–Crippen LogP) is 5.17. The van der Waals surface area contributed by atoms with Gasteiger partial charge < -0.3 is 15.0 Å². The Morgan fingerprint density at radius 2 is 1.81 bits per heavy atom. The van der Waals surface area contributed by atoms with Gasteiger partial charge in [0.15, 0.2) is 6.61 Å². The molecule has 0 bridgehead atoms. The first-order chi connectivity index (χ1) is 15.4. The number of halogens is 1. The van der Waals surface area contributed by atoms with E-state index in [1.165, 1.54) is 0 Å². The smallest absolute Gasteiger partial charge is 0.262 e. The molecule has 1 N–H and O–H groups in total. The summed E-state index contributed by atoms with van der Waals surface area (Å²) < 4.78 is 5.83. The number of rotatable bonds is 6. The number of carbonyl (C=O) groups excluding carboxylic acids is 2. The quantitative estimate of drug-likeness (QED) is 0.565. The van der Waals surface area contributed by atoms with Crippen molar-refractivity contribution in [1.29, 1.82) is 0 Å². The van der Waals surface area contributed by atoms with Crippen LogP contribution in [0, 0.1) is 13.8 Å². The molecule has 4 rings (SSSR count). The lowest BCUT2D eigenvalue weighted by atomic mass is 9.97. The molecular formula is C26H25ClN2O3. The van der Waals surface area contributed by atoms with Gasteiger partial charge in [-0.1, -0.05) is 41.9 Å². The Kier molecular flexibility index (Phi) is 6.47. The topological polar surface area (TPSA) is 58.6 Å². The SMILES string of the molecule is Cc1cccc(NC(=O)COc2cccc3c2CCN(Cc2ccc(Cl)cc2)C3=O)c1C. The first kappa shape index (κ1) is 21.9. The molecule has 0 unspecified atom stereocenters. The molecule has 6 heteroatoms. The summed E-state index contributed by atoms with van der Waals surface area (Å²) in [5.41, 5.74) is 5.43. The molecule has 0 aliphatic carbocycles. The van der Waals surface area contributed by atoms with Gasteiger partial charge in [0.05, 0.1) is 0 Å². The highest BCUT2D eigenvalue weighted by molar-refractivity contribution is 6.30. The van der Waals surface area contributed by atoms with Gasteiger partial charge in [-0.25, -0.2) is 0 Å². The van der Waals surface area contributed by atoms with E-state index >= 15 is 0 Å². The minimum Gasteiger partial charge on any atom is -0.483 e. The molecular weight excluding hydrogens is 424 g/mol. The Hall–Kier alpha value is -3.31. The number of nitrogens with zero attached hydrogens (tertiary/aromatic N) is 1. The van der Waals surface area contributed by atoms with Crippen molar-refractivity contribution < 1.29 is 14.3 Å². The maximum Gasteiger partial charge on any atom is 0.262 e. The van der Waals surface area contributed by atoms with Gasteiger partial charge >= 0.3 is 0 Å². The molecule has 1 aliphatic heterocycles. The van der Waals surface area contributed by atoms with Crippen LogP contribution in [0.25, 0.3) is 0 Å². The Morgan fingerprint density at radius 1 is 1.06 bits per heavy atom. The summed E-state index contributed by atoms with van der Waals surface area (Å²) in [7, 11) is 0. The van der Waals surface area contributed by atoms with Crippen molar-refractivity contribution in [2.45, 2.75) is 26.8 Å². The first-order valence-electron chi connectivity index (χ1n) is 10.6. The van der Waals surface area contributed by atoms with E-state index in [2.05, 4.69) is 5.32 Å². The molecule has 0 fully saturated rings. The van der Waals surface area contributed by atoms with Gasteiger partial charge in [-0.05, 0) is 67.3 Å². The van der Waals surface area contributed by atoms with Crippen molar-refractivity contribution in [2.75, 3.05) is 18.5 Å². The first-order valence-corrected chi connectivity index (χ1v) is 10.9. The molecule has 164 valence electrons. The average molecular weight is 449 g/mol. The number of ether oxygens (including phenoxy) is 1. The van der Waals surface area contributed by atoms with Crippen LogP contribution < -0.4 is 10.1 Å². The number of hydrogen-bond acceptors (Lipinski definition) is 3. The maximum atomic E-state index is 13.1. The zero-order chi connectivity index (χ0) is 22.7. The van der Waals surface area contributed by atoms with Gasteiger partial charge in [-0.2, -0.15) is 0 Å². The summed E-state index contributed by atoms with van der Waals surface area (Å²) in [4.78, 5) is 27.3. The third kappa shape index (κ3) is 4.78. The standard InChI is InChI=1S/C26H25ClN2O3/c1-17-5-3-7-23(18(17)2)28-25(30)16-32-24-8-4-6-22-21(24)13-14-29(26(22)31)15-19-9-11-20(27)12-10-19/h3-12H,13-16H2,1-2H3,(H,28,30). The van der Waals surface area contributed by atoms with Crippen LogP contribution in [-0.4, -0.2) is 29.9 Å². The minimum absolute atomic E-state index is 0.0357. The molecule has 32 heavy (non-hydrogen) atoms. The normalized spacial score (nSPS) is 13.0. The highest BCUT2D eigenvalue weighted by Crippen LogP contribution is 2.29. The van der Waals surface area contributed by atoms with Crippen LogP contribution in [0.2, 0.25) is 5.02 Å². The fourth-order valence-electron chi connectivity index (χ4n) is 3.85. The zero-order valence-corrected chi connectivity index (χ0v) is 18.9. The molecule has 1 aliphatic rings. The molecule has 0 aromatic heterocycles. The molecule has 0 radical (unpaired) electrons. The maximum absolute atomic E-state index is 13.1. The van der Waals surface area contributed by atoms with Crippen LogP contribution in [0.4, 0.5) is 5.69 Å². The van der Waals surface area contributed by atoms with Gasteiger partial charge in [0.1, 0.15) is 5.75 Å². The molecule has 2 amide bonds. The molecule has 5 nitrogen and oxygen atoms in total. The van der Waals surface area contributed by atoms with Crippen LogP contribution in [0.3, 0.4) is 0 Å². The van der Waals surface area contributed by atoms with Crippen molar-refractivity contribution in [3.05, 3.63) is 93.5 Å². The number of hydrogen-bond donors (Lipinski definition) is 1. The van der Waals surface area contributed by atoms with Crippen molar-refractivity contribution in [2.24, 2.45) is 0 Å². The lowest BCUT2D eigenvalue weighted by Crippen LogP contribution is -2.37. The Bertz CT molecular complexity index is 1160. The van der Waals surface area contributed by atoms with E-state index in [0.29, 0.717) is 35.8 Å². The average Bonchev–Trinajstić information content (AvgIpc) is 2.79. The molecule has 3 aromatic carbocycles. The van der Waals surface area contributed by atoms with E-state index < -0.39 is 0 Å². The van der Waals surface area contributed by atoms with E-state index in [4.69, 9.17) is 16.3 Å². The lowest BCUT2D eigenvalue weighted by molar-refractivity contribution is -0.118. The zero-order valence-electron chi connectivity index (χ0n) is 18.2.